The maximum Gasteiger partial charge on any atom is 0.0748 e. The standard InChI is InChI=1S/C16H25ClN2O/c1-3-14(18)9-12-5-6-13(17)10-16(12)19-7-8-20-15(4-2)11-19/h5-6,10,14-15H,3-4,7-9,11,18H2,1-2H3. The van der Waals surface area contributed by atoms with Crippen LogP contribution in [-0.2, 0) is 11.2 Å². The molecule has 0 bridgehead atoms. The van der Waals surface area contributed by atoms with Crippen molar-refractivity contribution < 1.29 is 4.74 Å². The normalized spacial score (nSPS) is 21.0. The van der Waals surface area contributed by atoms with Crippen LogP contribution < -0.4 is 10.6 Å². The minimum atomic E-state index is 0.206. The third kappa shape index (κ3) is 3.87. The van der Waals surface area contributed by atoms with Crippen LogP contribution in [0.25, 0.3) is 0 Å². The summed E-state index contributed by atoms with van der Waals surface area (Å²) < 4.78 is 5.75. The minimum Gasteiger partial charge on any atom is -0.375 e. The van der Waals surface area contributed by atoms with Crippen LogP contribution in [0.1, 0.15) is 32.3 Å². The van der Waals surface area contributed by atoms with Gasteiger partial charge >= 0.3 is 0 Å². The number of anilines is 1. The SMILES string of the molecule is CCC(N)Cc1ccc(Cl)cc1N1CCOC(CC)C1. The summed E-state index contributed by atoms with van der Waals surface area (Å²) in [6.07, 6.45) is 3.25. The molecule has 4 heteroatoms. The van der Waals surface area contributed by atoms with E-state index in [2.05, 4.69) is 30.9 Å². The molecule has 0 spiro atoms. The maximum atomic E-state index is 6.19. The second kappa shape index (κ2) is 7.30. The monoisotopic (exact) mass is 296 g/mol. The van der Waals surface area contributed by atoms with Gasteiger partial charge in [-0.2, -0.15) is 0 Å². The van der Waals surface area contributed by atoms with Gasteiger partial charge in [0.2, 0.25) is 0 Å². The van der Waals surface area contributed by atoms with Crippen LogP contribution in [0.4, 0.5) is 5.69 Å². The highest BCUT2D eigenvalue weighted by Gasteiger charge is 2.21. The Labute approximate surface area is 127 Å². The zero-order valence-corrected chi connectivity index (χ0v) is 13.2. The molecule has 1 aromatic rings. The highest BCUT2D eigenvalue weighted by atomic mass is 35.5. The van der Waals surface area contributed by atoms with Gasteiger partial charge in [0.1, 0.15) is 0 Å². The largest absolute Gasteiger partial charge is 0.375 e. The van der Waals surface area contributed by atoms with Crippen LogP contribution >= 0.6 is 11.6 Å². The fourth-order valence-electron chi connectivity index (χ4n) is 2.62. The summed E-state index contributed by atoms with van der Waals surface area (Å²) in [4.78, 5) is 2.39. The number of morpholine rings is 1. The molecule has 3 nitrogen and oxygen atoms in total. The summed E-state index contributed by atoms with van der Waals surface area (Å²) in [5, 5.41) is 0.786. The van der Waals surface area contributed by atoms with E-state index in [1.165, 1.54) is 11.3 Å². The van der Waals surface area contributed by atoms with E-state index in [1.54, 1.807) is 0 Å². The van der Waals surface area contributed by atoms with Crippen molar-refractivity contribution in [3.8, 4) is 0 Å². The molecule has 1 aliphatic rings. The van der Waals surface area contributed by atoms with Crippen molar-refractivity contribution in [1.29, 1.82) is 0 Å². The molecule has 1 heterocycles. The van der Waals surface area contributed by atoms with Crippen molar-refractivity contribution in [2.45, 2.75) is 45.3 Å². The highest BCUT2D eigenvalue weighted by molar-refractivity contribution is 6.30. The van der Waals surface area contributed by atoms with Gasteiger partial charge in [-0.3, -0.25) is 0 Å². The van der Waals surface area contributed by atoms with Crippen LogP contribution in [0.15, 0.2) is 18.2 Å². The smallest absolute Gasteiger partial charge is 0.0748 e. The van der Waals surface area contributed by atoms with Gasteiger partial charge in [-0.1, -0.05) is 31.5 Å². The second-order valence-electron chi connectivity index (χ2n) is 5.49. The first-order valence-corrected chi connectivity index (χ1v) is 7.92. The first kappa shape index (κ1) is 15.6. The molecule has 2 atom stereocenters. The van der Waals surface area contributed by atoms with Gasteiger partial charge in [0, 0.05) is 29.8 Å². The lowest BCUT2D eigenvalue weighted by atomic mass is 10.0. The molecule has 0 aromatic heterocycles. The molecule has 2 rings (SSSR count). The first-order valence-electron chi connectivity index (χ1n) is 7.54. The number of rotatable bonds is 5. The van der Waals surface area contributed by atoms with Crippen LogP contribution in [0.5, 0.6) is 0 Å². The fraction of sp³-hybridized carbons (Fsp3) is 0.625. The lowest BCUT2D eigenvalue weighted by Crippen LogP contribution is -2.42. The summed E-state index contributed by atoms with van der Waals surface area (Å²) in [6, 6.07) is 6.35. The number of nitrogens with two attached hydrogens (primary N) is 1. The summed E-state index contributed by atoms with van der Waals surface area (Å²) in [5.41, 5.74) is 8.64. The Morgan fingerprint density at radius 1 is 1.45 bits per heavy atom. The van der Waals surface area contributed by atoms with E-state index in [9.17, 15) is 0 Å². The number of nitrogens with zero attached hydrogens (tertiary/aromatic N) is 1. The third-order valence-corrected chi connectivity index (χ3v) is 4.22. The van der Waals surface area contributed by atoms with Gasteiger partial charge < -0.3 is 15.4 Å². The van der Waals surface area contributed by atoms with Crippen molar-refractivity contribution in [2.24, 2.45) is 5.73 Å². The van der Waals surface area contributed by atoms with Crippen molar-refractivity contribution in [2.75, 3.05) is 24.6 Å². The van der Waals surface area contributed by atoms with Gasteiger partial charge in [-0.25, -0.2) is 0 Å². The van der Waals surface area contributed by atoms with Gasteiger partial charge in [-0.15, -0.1) is 0 Å². The van der Waals surface area contributed by atoms with E-state index in [1.807, 2.05) is 6.07 Å². The fourth-order valence-corrected chi connectivity index (χ4v) is 2.78. The summed E-state index contributed by atoms with van der Waals surface area (Å²) in [7, 11) is 0. The summed E-state index contributed by atoms with van der Waals surface area (Å²) in [5.74, 6) is 0. The Bertz CT molecular complexity index is 438. The van der Waals surface area contributed by atoms with E-state index >= 15 is 0 Å². The molecule has 112 valence electrons. The molecule has 1 fully saturated rings. The van der Waals surface area contributed by atoms with Crippen molar-refractivity contribution in [1.82, 2.24) is 0 Å². The molecule has 20 heavy (non-hydrogen) atoms. The lowest BCUT2D eigenvalue weighted by molar-refractivity contribution is 0.0384. The predicted octanol–water partition coefficient (Wildman–Crippen LogP) is 3.24. The van der Waals surface area contributed by atoms with Crippen molar-refractivity contribution in [3.05, 3.63) is 28.8 Å². The average Bonchev–Trinajstić information content (AvgIpc) is 2.49. The molecular formula is C16H25ClN2O. The van der Waals surface area contributed by atoms with E-state index in [0.717, 1.165) is 44.0 Å². The number of hydrogen-bond donors (Lipinski definition) is 1. The Balaban J connectivity index is 2.21. The van der Waals surface area contributed by atoms with Crippen molar-refractivity contribution >= 4 is 17.3 Å². The minimum absolute atomic E-state index is 0.206. The van der Waals surface area contributed by atoms with E-state index in [0.29, 0.717) is 6.10 Å². The van der Waals surface area contributed by atoms with Gasteiger partial charge in [0.05, 0.1) is 12.7 Å². The molecule has 0 aliphatic carbocycles. The Morgan fingerprint density at radius 3 is 2.95 bits per heavy atom. The van der Waals surface area contributed by atoms with E-state index < -0.39 is 0 Å². The molecule has 0 amide bonds. The Morgan fingerprint density at radius 2 is 2.25 bits per heavy atom. The van der Waals surface area contributed by atoms with Crippen LogP contribution in [0.3, 0.4) is 0 Å². The van der Waals surface area contributed by atoms with Crippen LogP contribution in [0.2, 0.25) is 5.02 Å². The van der Waals surface area contributed by atoms with Crippen LogP contribution in [-0.4, -0.2) is 31.8 Å². The predicted molar refractivity (Wildman–Crippen MR) is 85.7 cm³/mol. The molecule has 0 saturated carbocycles. The average molecular weight is 297 g/mol. The first-order chi connectivity index (χ1) is 9.63. The summed E-state index contributed by atoms with van der Waals surface area (Å²) >= 11 is 6.19. The van der Waals surface area contributed by atoms with Crippen LogP contribution in [0, 0.1) is 0 Å². The molecule has 2 N–H and O–H groups in total. The van der Waals surface area contributed by atoms with Gasteiger partial charge in [0.15, 0.2) is 0 Å². The molecule has 1 saturated heterocycles. The quantitative estimate of drug-likeness (QED) is 0.906. The summed E-state index contributed by atoms with van der Waals surface area (Å²) in [6.45, 7) is 6.93. The third-order valence-electron chi connectivity index (χ3n) is 3.99. The molecule has 1 aromatic carbocycles. The highest BCUT2D eigenvalue weighted by Crippen LogP contribution is 2.28. The molecule has 2 unspecified atom stereocenters. The maximum absolute atomic E-state index is 6.19. The number of hydrogen-bond acceptors (Lipinski definition) is 3. The lowest BCUT2D eigenvalue weighted by Gasteiger charge is -2.35. The van der Waals surface area contributed by atoms with E-state index in [4.69, 9.17) is 22.1 Å². The molecule has 1 aliphatic heterocycles. The number of halogens is 1. The Hall–Kier alpha value is -0.770. The second-order valence-corrected chi connectivity index (χ2v) is 5.93. The number of ether oxygens (including phenoxy) is 1. The van der Waals surface area contributed by atoms with E-state index in [-0.39, 0.29) is 6.04 Å². The zero-order valence-electron chi connectivity index (χ0n) is 12.4. The van der Waals surface area contributed by atoms with Gasteiger partial charge in [-0.05, 0) is 37.0 Å². The number of benzene rings is 1. The zero-order chi connectivity index (χ0) is 14.5. The van der Waals surface area contributed by atoms with Crippen molar-refractivity contribution in [3.63, 3.8) is 0 Å². The Kier molecular flexibility index (Phi) is 5.70. The molecular weight excluding hydrogens is 272 g/mol. The van der Waals surface area contributed by atoms with Gasteiger partial charge in [0.25, 0.3) is 0 Å². The molecule has 0 radical (unpaired) electrons. The topological polar surface area (TPSA) is 38.5 Å².